The molecule has 2 rings (SSSR count). The van der Waals surface area contributed by atoms with Gasteiger partial charge in [-0.3, -0.25) is 4.79 Å². The van der Waals surface area contributed by atoms with Gasteiger partial charge in [0.2, 0.25) is 5.91 Å². The molecule has 0 spiro atoms. The maximum atomic E-state index is 11.7. The van der Waals surface area contributed by atoms with Crippen molar-refractivity contribution in [2.75, 3.05) is 18.6 Å². The van der Waals surface area contributed by atoms with Gasteiger partial charge >= 0.3 is 0 Å². The van der Waals surface area contributed by atoms with Crippen LogP contribution >= 0.6 is 0 Å². The first-order valence-corrected chi connectivity index (χ1v) is 8.14. The Hall–Kier alpha value is -1.82. The number of nitrogens with one attached hydrogen (secondary N) is 1. The first-order valence-electron chi connectivity index (χ1n) is 6.31. The Morgan fingerprint density at radius 3 is 2.90 bits per heavy atom. The number of carbonyl (C=O) groups is 1. The first kappa shape index (κ1) is 14.6. The summed E-state index contributed by atoms with van der Waals surface area (Å²) in [5, 5.41) is 2.70. The summed E-state index contributed by atoms with van der Waals surface area (Å²) in [5.41, 5.74) is 0.846. The van der Waals surface area contributed by atoms with E-state index < -0.39 is 9.84 Å². The fourth-order valence-electron chi connectivity index (χ4n) is 2.08. The third-order valence-corrected chi connectivity index (χ3v) is 4.87. The highest BCUT2D eigenvalue weighted by molar-refractivity contribution is 7.91. The van der Waals surface area contributed by atoms with Crippen LogP contribution < -0.4 is 10.1 Å². The van der Waals surface area contributed by atoms with Crippen LogP contribution in [0.3, 0.4) is 0 Å². The Balaban J connectivity index is 1.92. The summed E-state index contributed by atoms with van der Waals surface area (Å²) in [6, 6.07) is 7.04. The maximum absolute atomic E-state index is 11.7. The fourth-order valence-corrected chi connectivity index (χ4v) is 3.75. The van der Waals surface area contributed by atoms with Crippen molar-refractivity contribution < 1.29 is 17.9 Å². The Morgan fingerprint density at radius 1 is 1.45 bits per heavy atom. The van der Waals surface area contributed by atoms with Crippen molar-refractivity contribution in [2.45, 2.75) is 12.5 Å². The van der Waals surface area contributed by atoms with E-state index in [-0.39, 0.29) is 23.5 Å². The van der Waals surface area contributed by atoms with E-state index in [2.05, 4.69) is 5.32 Å². The van der Waals surface area contributed by atoms with Gasteiger partial charge in [0, 0.05) is 12.1 Å². The van der Waals surface area contributed by atoms with Crippen molar-refractivity contribution in [3.05, 3.63) is 35.9 Å². The van der Waals surface area contributed by atoms with E-state index in [0.29, 0.717) is 6.42 Å². The molecule has 1 aromatic carbocycles. The predicted octanol–water partition coefficient (Wildman–Crippen LogP) is 1.01. The SMILES string of the molecule is COc1cccc(C=CC(=O)NC2CCS(=O)(=O)C2)c1. The van der Waals surface area contributed by atoms with Crippen molar-refractivity contribution in [3.8, 4) is 5.75 Å². The Labute approximate surface area is 118 Å². The summed E-state index contributed by atoms with van der Waals surface area (Å²) in [6.45, 7) is 0. The number of sulfone groups is 1. The monoisotopic (exact) mass is 295 g/mol. The Bertz CT molecular complexity index is 622. The number of rotatable bonds is 4. The van der Waals surface area contributed by atoms with E-state index in [1.54, 1.807) is 13.2 Å². The largest absolute Gasteiger partial charge is 0.497 e. The molecule has 1 amide bonds. The van der Waals surface area contributed by atoms with Gasteiger partial charge in [0.25, 0.3) is 0 Å². The lowest BCUT2D eigenvalue weighted by Crippen LogP contribution is -2.34. The molecule has 20 heavy (non-hydrogen) atoms. The standard InChI is InChI=1S/C14H17NO4S/c1-19-13-4-2-3-11(9-13)5-6-14(16)15-12-7-8-20(17,18)10-12/h2-6,9,12H,7-8,10H2,1H3,(H,15,16). The molecule has 1 saturated heterocycles. The summed E-state index contributed by atoms with van der Waals surface area (Å²) >= 11 is 0. The molecule has 0 aliphatic carbocycles. The van der Waals surface area contributed by atoms with Crippen LogP contribution in [-0.4, -0.2) is 39.0 Å². The molecule has 5 nitrogen and oxygen atoms in total. The lowest BCUT2D eigenvalue weighted by molar-refractivity contribution is -0.116. The summed E-state index contributed by atoms with van der Waals surface area (Å²) in [6.07, 6.45) is 3.56. The topological polar surface area (TPSA) is 72.5 Å². The third-order valence-electron chi connectivity index (χ3n) is 3.10. The summed E-state index contributed by atoms with van der Waals surface area (Å²) in [5.74, 6) is 0.618. The highest BCUT2D eigenvalue weighted by atomic mass is 32.2. The maximum Gasteiger partial charge on any atom is 0.244 e. The Kier molecular flexibility index (Phi) is 4.44. The van der Waals surface area contributed by atoms with Gasteiger partial charge in [0.05, 0.1) is 18.6 Å². The predicted molar refractivity (Wildman–Crippen MR) is 77.2 cm³/mol. The van der Waals surface area contributed by atoms with Crippen LogP contribution in [0.4, 0.5) is 0 Å². The van der Waals surface area contributed by atoms with Crippen LogP contribution in [0.2, 0.25) is 0 Å². The van der Waals surface area contributed by atoms with Gasteiger partial charge < -0.3 is 10.1 Å². The first-order chi connectivity index (χ1) is 9.48. The van der Waals surface area contributed by atoms with Crippen LogP contribution in [0.25, 0.3) is 6.08 Å². The summed E-state index contributed by atoms with van der Waals surface area (Å²) < 4.78 is 27.7. The van der Waals surface area contributed by atoms with Crippen molar-refractivity contribution in [1.29, 1.82) is 0 Å². The van der Waals surface area contributed by atoms with Gasteiger partial charge in [-0.2, -0.15) is 0 Å². The van der Waals surface area contributed by atoms with Crippen LogP contribution in [0.15, 0.2) is 30.3 Å². The number of benzene rings is 1. The number of hydrogen-bond acceptors (Lipinski definition) is 4. The zero-order valence-corrected chi connectivity index (χ0v) is 12.0. The molecular weight excluding hydrogens is 278 g/mol. The van der Waals surface area contributed by atoms with Crippen molar-refractivity contribution in [2.24, 2.45) is 0 Å². The number of hydrogen-bond donors (Lipinski definition) is 1. The second-order valence-corrected chi connectivity index (χ2v) is 6.95. The second kappa shape index (κ2) is 6.09. The molecule has 0 saturated carbocycles. The Morgan fingerprint density at radius 2 is 2.25 bits per heavy atom. The minimum Gasteiger partial charge on any atom is -0.497 e. The zero-order chi connectivity index (χ0) is 14.6. The third kappa shape index (κ3) is 4.09. The van der Waals surface area contributed by atoms with E-state index in [1.165, 1.54) is 6.08 Å². The van der Waals surface area contributed by atoms with E-state index in [4.69, 9.17) is 4.74 Å². The molecule has 1 fully saturated rings. The highest BCUT2D eigenvalue weighted by Gasteiger charge is 2.28. The van der Waals surface area contributed by atoms with Gasteiger partial charge in [0.1, 0.15) is 5.75 Å². The lowest BCUT2D eigenvalue weighted by Gasteiger charge is -2.07. The summed E-state index contributed by atoms with van der Waals surface area (Å²) in [7, 11) is -1.39. The van der Waals surface area contributed by atoms with Crippen LogP contribution in [0.1, 0.15) is 12.0 Å². The molecule has 1 N–H and O–H groups in total. The normalized spacial score (nSPS) is 20.9. The number of amides is 1. The lowest BCUT2D eigenvalue weighted by atomic mass is 10.2. The quantitative estimate of drug-likeness (QED) is 0.842. The molecule has 1 aromatic rings. The fraction of sp³-hybridized carbons (Fsp3) is 0.357. The number of carbonyl (C=O) groups excluding carboxylic acids is 1. The molecule has 0 aromatic heterocycles. The average molecular weight is 295 g/mol. The van der Waals surface area contributed by atoms with E-state index in [0.717, 1.165) is 11.3 Å². The molecule has 0 radical (unpaired) electrons. The van der Waals surface area contributed by atoms with E-state index >= 15 is 0 Å². The van der Waals surface area contributed by atoms with Crippen LogP contribution in [0, 0.1) is 0 Å². The number of methoxy groups -OCH3 is 1. The van der Waals surface area contributed by atoms with Gasteiger partial charge in [-0.15, -0.1) is 0 Å². The number of ether oxygens (including phenoxy) is 1. The van der Waals surface area contributed by atoms with Crippen LogP contribution in [-0.2, 0) is 14.6 Å². The van der Waals surface area contributed by atoms with Gasteiger partial charge in [-0.1, -0.05) is 12.1 Å². The summed E-state index contributed by atoms with van der Waals surface area (Å²) in [4.78, 5) is 11.7. The van der Waals surface area contributed by atoms with Gasteiger partial charge in [0.15, 0.2) is 9.84 Å². The molecule has 1 aliphatic rings. The molecule has 6 heteroatoms. The molecule has 1 unspecified atom stereocenters. The van der Waals surface area contributed by atoms with Crippen molar-refractivity contribution in [1.82, 2.24) is 5.32 Å². The van der Waals surface area contributed by atoms with Crippen LogP contribution in [0.5, 0.6) is 5.75 Å². The molecule has 108 valence electrons. The minimum absolute atomic E-state index is 0.0335. The smallest absolute Gasteiger partial charge is 0.244 e. The van der Waals surface area contributed by atoms with Gasteiger partial charge in [-0.05, 0) is 30.2 Å². The molecular formula is C14H17NO4S. The average Bonchev–Trinajstić information content (AvgIpc) is 2.76. The molecule has 1 heterocycles. The van der Waals surface area contributed by atoms with E-state index in [1.807, 2.05) is 24.3 Å². The van der Waals surface area contributed by atoms with E-state index in [9.17, 15) is 13.2 Å². The van der Waals surface area contributed by atoms with Crippen molar-refractivity contribution >= 4 is 21.8 Å². The molecule has 1 atom stereocenters. The van der Waals surface area contributed by atoms with Gasteiger partial charge in [-0.25, -0.2) is 8.42 Å². The molecule has 0 bridgehead atoms. The minimum atomic E-state index is -2.97. The zero-order valence-electron chi connectivity index (χ0n) is 11.2. The second-order valence-electron chi connectivity index (χ2n) is 4.72. The molecule has 1 aliphatic heterocycles. The van der Waals surface area contributed by atoms with Crippen molar-refractivity contribution in [3.63, 3.8) is 0 Å². The highest BCUT2D eigenvalue weighted by Crippen LogP contribution is 2.14.